The highest BCUT2D eigenvalue weighted by Crippen LogP contribution is 2.24. The predicted octanol–water partition coefficient (Wildman–Crippen LogP) is 3.71. The molecule has 0 radical (unpaired) electrons. The van der Waals surface area contributed by atoms with E-state index in [2.05, 4.69) is 5.32 Å². The Hall–Kier alpha value is -3.18. The zero-order valence-electron chi connectivity index (χ0n) is 16.5. The van der Waals surface area contributed by atoms with Gasteiger partial charge in [0.15, 0.2) is 6.04 Å². The average Bonchev–Trinajstić information content (AvgIpc) is 2.74. The number of ether oxygens (including phenoxy) is 1. The van der Waals surface area contributed by atoms with Crippen LogP contribution in [0.25, 0.3) is 0 Å². The van der Waals surface area contributed by atoms with Crippen LogP contribution in [0.15, 0.2) is 78.9 Å². The van der Waals surface area contributed by atoms with E-state index in [1.807, 2.05) is 66.8 Å². The van der Waals surface area contributed by atoms with Gasteiger partial charge in [0.2, 0.25) is 0 Å². The van der Waals surface area contributed by atoms with E-state index < -0.39 is 6.04 Å². The molecule has 0 unspecified atom stereocenters. The van der Waals surface area contributed by atoms with Crippen LogP contribution in [0.5, 0.6) is 5.75 Å². The third-order valence-electron chi connectivity index (χ3n) is 4.63. The van der Waals surface area contributed by atoms with Gasteiger partial charge in [-0.25, -0.2) is 4.39 Å². The summed E-state index contributed by atoms with van der Waals surface area (Å²) in [5.74, 6) is 0.302. The Morgan fingerprint density at radius 3 is 2.41 bits per heavy atom. The van der Waals surface area contributed by atoms with Crippen LogP contribution < -0.4 is 15.4 Å². The maximum Gasteiger partial charge on any atom is 0.287 e. The second-order valence-electron chi connectivity index (χ2n) is 6.71. The van der Waals surface area contributed by atoms with E-state index in [0.717, 1.165) is 17.5 Å². The Balaban J connectivity index is 1.71. The van der Waals surface area contributed by atoms with E-state index in [9.17, 15) is 9.18 Å². The minimum absolute atomic E-state index is 0.109. The van der Waals surface area contributed by atoms with Gasteiger partial charge in [0.25, 0.3) is 5.91 Å². The number of hydrogen-bond acceptors (Lipinski definition) is 2. The minimum atomic E-state index is -0.397. The van der Waals surface area contributed by atoms with Gasteiger partial charge in [-0.2, -0.15) is 0 Å². The fraction of sp³-hybridized carbons (Fsp3) is 0.208. The normalized spacial score (nSPS) is 11.7. The van der Waals surface area contributed by atoms with Crippen molar-refractivity contribution < 1.29 is 19.2 Å². The quantitative estimate of drug-likeness (QED) is 0.582. The predicted molar refractivity (Wildman–Crippen MR) is 112 cm³/mol. The first-order chi connectivity index (χ1) is 14.2. The van der Waals surface area contributed by atoms with Crippen molar-refractivity contribution >= 4 is 11.6 Å². The van der Waals surface area contributed by atoms with Crippen molar-refractivity contribution in [3.63, 3.8) is 0 Å². The molecule has 5 heteroatoms. The number of hydrogen-bond donors (Lipinski definition) is 2. The molecule has 3 rings (SSSR count). The number of nitrogens with two attached hydrogens (primary N) is 1. The summed E-state index contributed by atoms with van der Waals surface area (Å²) >= 11 is 0. The molecule has 0 bridgehead atoms. The van der Waals surface area contributed by atoms with Crippen LogP contribution in [0.1, 0.15) is 24.1 Å². The zero-order valence-corrected chi connectivity index (χ0v) is 16.5. The third kappa shape index (κ3) is 5.90. The molecule has 150 valence electrons. The molecule has 0 aromatic heterocycles. The first-order valence-corrected chi connectivity index (χ1v) is 9.82. The summed E-state index contributed by atoms with van der Waals surface area (Å²) < 4.78 is 18.7. The molecule has 3 N–H and O–H groups in total. The smallest absolute Gasteiger partial charge is 0.287 e. The number of carbonyl (C=O) groups excluding carboxylic acids is 1. The van der Waals surface area contributed by atoms with Crippen molar-refractivity contribution in [1.82, 2.24) is 0 Å². The maximum absolute atomic E-state index is 13.1. The van der Waals surface area contributed by atoms with Gasteiger partial charge in [-0.15, -0.1) is 0 Å². The highest BCUT2D eigenvalue weighted by atomic mass is 19.1. The number of nitrogens with one attached hydrogen (secondary N) is 1. The van der Waals surface area contributed by atoms with Crippen molar-refractivity contribution in [2.45, 2.75) is 19.4 Å². The number of carbonyl (C=O) groups is 1. The van der Waals surface area contributed by atoms with E-state index >= 15 is 0 Å². The fourth-order valence-corrected chi connectivity index (χ4v) is 3.18. The number of rotatable bonds is 9. The molecule has 4 nitrogen and oxygen atoms in total. The number of amides is 1. The molecule has 1 amide bonds. The molecule has 3 aromatic rings. The highest BCUT2D eigenvalue weighted by molar-refractivity contribution is 5.95. The Morgan fingerprint density at radius 1 is 1.00 bits per heavy atom. The summed E-state index contributed by atoms with van der Waals surface area (Å²) in [6.45, 7) is 3.14. The van der Waals surface area contributed by atoms with Gasteiger partial charge < -0.3 is 15.4 Å². The van der Waals surface area contributed by atoms with Crippen LogP contribution >= 0.6 is 0 Å². The van der Waals surface area contributed by atoms with Gasteiger partial charge in [0.05, 0.1) is 18.8 Å². The largest absolute Gasteiger partial charge is 0.492 e. The van der Waals surface area contributed by atoms with E-state index in [1.165, 1.54) is 12.1 Å². The van der Waals surface area contributed by atoms with E-state index in [-0.39, 0.29) is 11.7 Å². The Labute approximate surface area is 170 Å². The fourth-order valence-electron chi connectivity index (χ4n) is 3.18. The summed E-state index contributed by atoms with van der Waals surface area (Å²) in [6.07, 6.45) is 0.742. The first-order valence-electron chi connectivity index (χ1n) is 9.82. The van der Waals surface area contributed by atoms with Crippen LogP contribution in [0, 0.1) is 5.82 Å². The zero-order chi connectivity index (χ0) is 20.5. The van der Waals surface area contributed by atoms with E-state index in [4.69, 9.17) is 4.74 Å². The summed E-state index contributed by atoms with van der Waals surface area (Å²) in [4.78, 5) is 13.1. The molecule has 0 spiro atoms. The molecule has 0 heterocycles. The number of anilines is 1. The van der Waals surface area contributed by atoms with Crippen molar-refractivity contribution in [3.8, 4) is 5.75 Å². The van der Waals surface area contributed by atoms with Gasteiger partial charge in [0.1, 0.15) is 11.6 Å². The maximum atomic E-state index is 13.1. The van der Waals surface area contributed by atoms with Crippen molar-refractivity contribution in [2.75, 3.05) is 18.5 Å². The lowest BCUT2D eigenvalue weighted by Gasteiger charge is -2.17. The molecule has 0 aliphatic rings. The van der Waals surface area contributed by atoms with E-state index in [1.54, 1.807) is 12.1 Å². The molecular weight excluding hydrogens is 367 g/mol. The van der Waals surface area contributed by atoms with Gasteiger partial charge >= 0.3 is 0 Å². The number of halogens is 1. The standard InChI is InChI=1S/C24H25FN2O2/c1-2-29-22-11-7-6-10-21(22)27-24(28)23(19-8-4-3-5-9-19)26-17-16-18-12-14-20(25)15-13-18/h3-15,23,26H,2,16-17H2,1H3,(H,27,28)/p+1/t23-/m1/s1. The monoisotopic (exact) mass is 393 g/mol. The van der Waals surface area contributed by atoms with Crippen LogP contribution in [-0.4, -0.2) is 19.1 Å². The molecular formula is C24H26FN2O2+. The van der Waals surface area contributed by atoms with Crippen LogP contribution in [0.3, 0.4) is 0 Å². The number of benzene rings is 3. The Bertz CT molecular complexity index is 914. The third-order valence-corrected chi connectivity index (χ3v) is 4.63. The summed E-state index contributed by atoms with van der Waals surface area (Å²) in [6, 6.07) is 23.2. The van der Waals surface area contributed by atoms with Crippen LogP contribution in [0.4, 0.5) is 10.1 Å². The van der Waals surface area contributed by atoms with Gasteiger partial charge in [-0.3, -0.25) is 4.79 Å². The molecule has 0 fully saturated rings. The second kappa shape index (κ2) is 10.4. The SMILES string of the molecule is CCOc1ccccc1NC(=O)[C@H]([NH2+]CCc1ccc(F)cc1)c1ccccc1. The second-order valence-corrected chi connectivity index (χ2v) is 6.71. The summed E-state index contributed by atoms with van der Waals surface area (Å²) in [5, 5.41) is 5.02. The lowest BCUT2D eigenvalue weighted by Crippen LogP contribution is -2.87. The molecule has 1 atom stereocenters. The molecule has 0 aliphatic heterocycles. The number of para-hydroxylation sites is 2. The Morgan fingerprint density at radius 2 is 1.69 bits per heavy atom. The van der Waals surface area contributed by atoms with Crippen molar-refractivity contribution in [3.05, 3.63) is 95.8 Å². The lowest BCUT2D eigenvalue weighted by atomic mass is 10.1. The summed E-state index contributed by atoms with van der Waals surface area (Å²) in [7, 11) is 0. The van der Waals surface area contributed by atoms with Crippen LogP contribution in [-0.2, 0) is 11.2 Å². The van der Waals surface area contributed by atoms with Gasteiger partial charge in [0, 0.05) is 12.0 Å². The molecule has 29 heavy (non-hydrogen) atoms. The van der Waals surface area contributed by atoms with Gasteiger partial charge in [-0.05, 0) is 36.8 Å². The molecule has 3 aromatic carbocycles. The Kier molecular flexibility index (Phi) is 7.36. The van der Waals surface area contributed by atoms with Crippen molar-refractivity contribution in [1.29, 1.82) is 0 Å². The van der Waals surface area contributed by atoms with Crippen LogP contribution in [0.2, 0.25) is 0 Å². The van der Waals surface area contributed by atoms with Gasteiger partial charge in [-0.1, -0.05) is 54.6 Å². The molecule has 0 saturated heterocycles. The minimum Gasteiger partial charge on any atom is -0.492 e. The highest BCUT2D eigenvalue weighted by Gasteiger charge is 2.24. The molecule has 0 aliphatic carbocycles. The molecule has 0 saturated carbocycles. The number of quaternary nitrogens is 1. The van der Waals surface area contributed by atoms with Crippen molar-refractivity contribution in [2.24, 2.45) is 0 Å². The first kappa shape index (κ1) is 20.6. The van der Waals surface area contributed by atoms with E-state index in [0.29, 0.717) is 24.6 Å². The lowest BCUT2D eigenvalue weighted by molar-refractivity contribution is -0.682. The average molecular weight is 393 g/mol. The summed E-state index contributed by atoms with van der Waals surface area (Å²) in [5.41, 5.74) is 2.63. The topological polar surface area (TPSA) is 54.9 Å².